The van der Waals surface area contributed by atoms with E-state index in [0.717, 1.165) is 19.4 Å². The maximum atomic E-state index is 8.91. The molecule has 0 atom stereocenters. The van der Waals surface area contributed by atoms with E-state index < -0.39 is 0 Å². The van der Waals surface area contributed by atoms with Crippen molar-refractivity contribution in [2.24, 2.45) is 0 Å². The number of para-hydroxylation sites is 1. The molecule has 2 aromatic rings. The third-order valence-corrected chi connectivity index (χ3v) is 3.58. The van der Waals surface area contributed by atoms with Crippen molar-refractivity contribution >= 4 is 49.9 Å². The molecule has 0 heterocycles. The average Bonchev–Trinajstić information content (AvgIpc) is 2.31. The van der Waals surface area contributed by atoms with Gasteiger partial charge >= 0.3 is 0 Å². The van der Waals surface area contributed by atoms with E-state index in [1.54, 1.807) is 6.07 Å². The Hall–Kier alpha value is -1.06. The minimum Gasteiger partial charge on any atom is -0.355 e. The first-order valence-electron chi connectivity index (χ1n) is 4.91. The summed E-state index contributed by atoms with van der Waals surface area (Å²) in [5.41, 5.74) is 2.57. The number of hydrogen-bond acceptors (Lipinski definition) is 2. The molecule has 4 heteroatoms. The molecule has 0 aromatic heterocycles. The average molecular weight is 399 g/mol. The minimum atomic E-state index is 0.632. The molecule has 0 radical (unpaired) electrons. The molecule has 0 amide bonds. The predicted octanol–water partition coefficient (Wildman–Crippen LogP) is 4.67. The molecular weight excluding hydrogens is 391 g/mol. The number of rotatable bonds is 2. The molecule has 0 aliphatic rings. The third-order valence-electron chi connectivity index (χ3n) is 2.18. The summed E-state index contributed by atoms with van der Waals surface area (Å²) in [7, 11) is 0. The molecule has 84 valence electrons. The first kappa shape index (κ1) is 12.4. The highest BCUT2D eigenvalue weighted by Crippen LogP contribution is 2.25. The second kappa shape index (κ2) is 5.52. The highest BCUT2D eigenvalue weighted by molar-refractivity contribution is 14.1. The largest absolute Gasteiger partial charge is 0.355 e. The predicted molar refractivity (Wildman–Crippen MR) is 81.3 cm³/mol. The van der Waals surface area contributed by atoms with E-state index in [4.69, 9.17) is 5.26 Å². The van der Waals surface area contributed by atoms with Crippen LogP contribution in [0.15, 0.2) is 46.9 Å². The van der Waals surface area contributed by atoms with Crippen LogP contribution in [0.3, 0.4) is 0 Å². The Labute approximate surface area is 122 Å². The molecule has 0 aliphatic heterocycles. The Bertz CT molecular complexity index is 590. The number of anilines is 2. The highest BCUT2D eigenvalue weighted by Gasteiger charge is 2.02. The molecule has 0 spiro atoms. The van der Waals surface area contributed by atoms with Gasteiger partial charge in [-0.25, -0.2) is 0 Å². The second-order valence-corrected chi connectivity index (χ2v) is 5.52. The molecule has 0 fully saturated rings. The van der Waals surface area contributed by atoms with Crippen molar-refractivity contribution in [2.45, 2.75) is 0 Å². The number of nitriles is 1. The van der Waals surface area contributed by atoms with Crippen LogP contribution in [-0.2, 0) is 0 Å². The van der Waals surface area contributed by atoms with Gasteiger partial charge in [0.1, 0.15) is 0 Å². The molecule has 0 bridgehead atoms. The van der Waals surface area contributed by atoms with Crippen LogP contribution in [0.1, 0.15) is 5.56 Å². The van der Waals surface area contributed by atoms with E-state index in [2.05, 4.69) is 49.9 Å². The molecule has 0 aliphatic carbocycles. The Morgan fingerprint density at radius 1 is 1.18 bits per heavy atom. The number of hydrogen-bond donors (Lipinski definition) is 1. The van der Waals surface area contributed by atoms with Crippen LogP contribution >= 0.6 is 38.5 Å². The molecule has 2 nitrogen and oxygen atoms in total. The first-order valence-corrected chi connectivity index (χ1v) is 6.78. The smallest absolute Gasteiger partial charge is 0.0992 e. The van der Waals surface area contributed by atoms with Crippen LogP contribution in [0.2, 0.25) is 0 Å². The molecule has 1 N–H and O–H groups in total. The van der Waals surface area contributed by atoms with Gasteiger partial charge in [-0.1, -0.05) is 28.1 Å². The van der Waals surface area contributed by atoms with Crippen molar-refractivity contribution in [3.05, 3.63) is 56.1 Å². The van der Waals surface area contributed by atoms with Gasteiger partial charge in [0, 0.05) is 13.7 Å². The van der Waals surface area contributed by atoms with Crippen molar-refractivity contribution in [3.8, 4) is 6.07 Å². The van der Waals surface area contributed by atoms with Crippen molar-refractivity contribution in [1.82, 2.24) is 0 Å². The Kier molecular flexibility index (Phi) is 4.02. The quantitative estimate of drug-likeness (QED) is 0.746. The summed E-state index contributed by atoms with van der Waals surface area (Å²) in [5.74, 6) is 0. The summed E-state index contributed by atoms with van der Waals surface area (Å²) in [5, 5.41) is 12.2. The van der Waals surface area contributed by atoms with Crippen molar-refractivity contribution < 1.29 is 0 Å². The Morgan fingerprint density at radius 2 is 1.94 bits per heavy atom. The fourth-order valence-electron chi connectivity index (χ4n) is 1.44. The SMILES string of the molecule is N#Cc1cc(Br)cc(Nc2ccccc2I)c1. The summed E-state index contributed by atoms with van der Waals surface area (Å²) in [6.45, 7) is 0. The summed E-state index contributed by atoms with van der Waals surface area (Å²) in [6, 6.07) is 15.7. The topological polar surface area (TPSA) is 35.8 Å². The van der Waals surface area contributed by atoms with Gasteiger partial charge in [0.25, 0.3) is 0 Å². The molecule has 0 saturated heterocycles. The van der Waals surface area contributed by atoms with Gasteiger partial charge in [0.05, 0.1) is 17.3 Å². The van der Waals surface area contributed by atoms with E-state index in [1.807, 2.05) is 36.4 Å². The van der Waals surface area contributed by atoms with Crippen LogP contribution in [0, 0.1) is 14.9 Å². The minimum absolute atomic E-state index is 0.632. The molecule has 17 heavy (non-hydrogen) atoms. The van der Waals surface area contributed by atoms with E-state index in [0.29, 0.717) is 5.56 Å². The number of halogens is 2. The van der Waals surface area contributed by atoms with Crippen LogP contribution in [0.5, 0.6) is 0 Å². The van der Waals surface area contributed by atoms with Crippen LogP contribution in [0.25, 0.3) is 0 Å². The number of benzene rings is 2. The van der Waals surface area contributed by atoms with Gasteiger partial charge in [-0.2, -0.15) is 5.26 Å². The van der Waals surface area contributed by atoms with Crippen LogP contribution in [0.4, 0.5) is 11.4 Å². The van der Waals surface area contributed by atoms with Gasteiger partial charge in [-0.3, -0.25) is 0 Å². The molecular formula is C13H8BrIN2. The van der Waals surface area contributed by atoms with E-state index in [-0.39, 0.29) is 0 Å². The highest BCUT2D eigenvalue weighted by atomic mass is 127. The normalized spacial score (nSPS) is 9.71. The van der Waals surface area contributed by atoms with Crippen molar-refractivity contribution in [3.63, 3.8) is 0 Å². The van der Waals surface area contributed by atoms with Crippen molar-refractivity contribution in [2.75, 3.05) is 5.32 Å². The van der Waals surface area contributed by atoms with Gasteiger partial charge in [0.2, 0.25) is 0 Å². The summed E-state index contributed by atoms with van der Waals surface area (Å²) in [4.78, 5) is 0. The summed E-state index contributed by atoms with van der Waals surface area (Å²) >= 11 is 5.67. The number of nitrogens with zero attached hydrogens (tertiary/aromatic N) is 1. The molecule has 2 rings (SSSR count). The van der Waals surface area contributed by atoms with E-state index in [1.165, 1.54) is 0 Å². The van der Waals surface area contributed by atoms with Crippen LogP contribution in [-0.4, -0.2) is 0 Å². The van der Waals surface area contributed by atoms with E-state index in [9.17, 15) is 0 Å². The maximum Gasteiger partial charge on any atom is 0.0992 e. The molecule has 2 aromatic carbocycles. The lowest BCUT2D eigenvalue weighted by Gasteiger charge is -2.09. The van der Waals surface area contributed by atoms with Crippen molar-refractivity contribution in [1.29, 1.82) is 5.26 Å². The maximum absolute atomic E-state index is 8.91. The van der Waals surface area contributed by atoms with Gasteiger partial charge in [-0.15, -0.1) is 0 Å². The van der Waals surface area contributed by atoms with Gasteiger partial charge < -0.3 is 5.32 Å². The zero-order valence-electron chi connectivity index (χ0n) is 8.74. The third kappa shape index (κ3) is 3.20. The van der Waals surface area contributed by atoms with Gasteiger partial charge in [-0.05, 0) is 52.9 Å². The first-order chi connectivity index (χ1) is 8.19. The summed E-state index contributed by atoms with van der Waals surface area (Å²) in [6.07, 6.45) is 0. The van der Waals surface area contributed by atoms with Crippen LogP contribution < -0.4 is 5.32 Å². The van der Waals surface area contributed by atoms with Gasteiger partial charge in [0.15, 0.2) is 0 Å². The lowest BCUT2D eigenvalue weighted by Crippen LogP contribution is -1.93. The van der Waals surface area contributed by atoms with E-state index >= 15 is 0 Å². The monoisotopic (exact) mass is 398 g/mol. The zero-order valence-corrected chi connectivity index (χ0v) is 12.5. The lowest BCUT2D eigenvalue weighted by atomic mass is 10.2. The fourth-order valence-corrected chi connectivity index (χ4v) is 2.46. The fraction of sp³-hybridized carbons (Fsp3) is 0. The Balaban J connectivity index is 2.34. The number of nitrogens with one attached hydrogen (secondary N) is 1. The molecule has 0 unspecified atom stereocenters. The summed E-state index contributed by atoms with van der Waals surface area (Å²) < 4.78 is 2.04. The zero-order chi connectivity index (χ0) is 12.3. The molecule has 0 saturated carbocycles. The standard InChI is InChI=1S/C13H8BrIN2/c14-10-5-9(8-16)6-11(7-10)17-13-4-2-1-3-12(13)15/h1-7,17H. The second-order valence-electron chi connectivity index (χ2n) is 3.45. The lowest BCUT2D eigenvalue weighted by molar-refractivity contribution is 1.45. The Morgan fingerprint density at radius 3 is 2.65 bits per heavy atom.